The predicted octanol–water partition coefficient (Wildman–Crippen LogP) is 5.76. The summed E-state index contributed by atoms with van der Waals surface area (Å²) in [6.45, 7) is 0. The molecule has 0 spiro atoms. The molecule has 4 aromatic rings. The number of hydrogen-bond donors (Lipinski definition) is 2. The molecule has 1 aliphatic rings. The summed E-state index contributed by atoms with van der Waals surface area (Å²) in [5, 5.41) is 4.10. The molecular formula is C26H27N3O3S. The van der Waals surface area contributed by atoms with Gasteiger partial charge >= 0.3 is 0 Å². The number of benzene rings is 2. The smallest absolute Gasteiger partial charge is 0.225 e. The average Bonchev–Trinajstić information content (AvgIpc) is 3.43. The van der Waals surface area contributed by atoms with E-state index in [1.165, 1.54) is 23.3 Å². The molecule has 1 aliphatic carbocycles. The first kappa shape index (κ1) is 21.5. The van der Waals surface area contributed by atoms with Crippen molar-refractivity contribution >= 4 is 33.3 Å². The third kappa shape index (κ3) is 4.33. The van der Waals surface area contributed by atoms with E-state index in [4.69, 9.17) is 14.5 Å². The number of anilines is 1. The minimum Gasteiger partial charge on any atom is -0.493 e. The molecule has 0 saturated heterocycles. The molecule has 0 unspecified atom stereocenters. The van der Waals surface area contributed by atoms with Gasteiger partial charge < -0.3 is 19.8 Å². The molecule has 5 rings (SSSR count). The Bertz CT molecular complexity index is 1270. The second-order valence-electron chi connectivity index (χ2n) is 8.26. The van der Waals surface area contributed by atoms with E-state index >= 15 is 0 Å². The highest BCUT2D eigenvalue weighted by molar-refractivity contribution is 7.17. The van der Waals surface area contributed by atoms with Gasteiger partial charge in [0.2, 0.25) is 5.91 Å². The van der Waals surface area contributed by atoms with Gasteiger partial charge in [0.05, 0.1) is 30.8 Å². The number of fused-ring (bicyclic) bond motifs is 2. The number of nitrogens with zero attached hydrogens (tertiary/aromatic N) is 1. The molecule has 2 aromatic carbocycles. The fraction of sp³-hybridized carbons (Fsp3) is 0.308. The summed E-state index contributed by atoms with van der Waals surface area (Å²) in [5.41, 5.74) is 5.37. The number of hydrogen-bond acceptors (Lipinski definition) is 5. The highest BCUT2D eigenvalue weighted by Gasteiger charge is 2.25. The quantitative estimate of drug-likeness (QED) is 0.367. The van der Waals surface area contributed by atoms with Crippen molar-refractivity contribution < 1.29 is 14.3 Å². The number of carbonyl (C=O) groups is 1. The molecule has 0 saturated carbocycles. The topological polar surface area (TPSA) is 76.2 Å². The number of aryl methyl sites for hydroxylation is 2. The monoisotopic (exact) mass is 461 g/mol. The number of methoxy groups -OCH3 is 2. The van der Waals surface area contributed by atoms with Gasteiger partial charge in [-0.25, -0.2) is 4.98 Å². The molecule has 33 heavy (non-hydrogen) atoms. The van der Waals surface area contributed by atoms with Gasteiger partial charge in [-0.1, -0.05) is 18.2 Å². The maximum absolute atomic E-state index is 12.9. The van der Waals surface area contributed by atoms with Gasteiger partial charge in [-0.3, -0.25) is 4.79 Å². The van der Waals surface area contributed by atoms with Crippen molar-refractivity contribution in [3.05, 3.63) is 58.5 Å². The zero-order chi connectivity index (χ0) is 22.8. The van der Waals surface area contributed by atoms with Gasteiger partial charge in [0.1, 0.15) is 10.8 Å². The van der Waals surface area contributed by atoms with Crippen molar-refractivity contribution in [1.82, 2.24) is 9.97 Å². The minimum absolute atomic E-state index is 0.000688. The van der Waals surface area contributed by atoms with E-state index in [-0.39, 0.29) is 5.91 Å². The normalized spacial score (nSPS) is 13.0. The van der Waals surface area contributed by atoms with Crippen molar-refractivity contribution in [3.8, 4) is 22.9 Å². The number of aromatic nitrogens is 2. The molecule has 170 valence electrons. The van der Waals surface area contributed by atoms with Gasteiger partial charge in [-0.05, 0) is 67.5 Å². The van der Waals surface area contributed by atoms with E-state index in [0.29, 0.717) is 24.3 Å². The molecule has 7 heteroatoms. The number of rotatable bonds is 7. The third-order valence-corrected chi connectivity index (χ3v) is 7.35. The van der Waals surface area contributed by atoms with Crippen LogP contribution in [0, 0.1) is 0 Å². The summed E-state index contributed by atoms with van der Waals surface area (Å²) in [4.78, 5) is 22.6. The minimum atomic E-state index is 0.000688. The first-order valence-corrected chi connectivity index (χ1v) is 12.1. The SMILES string of the molecule is COc1ccc(CCC(=O)Nc2sc3c(c2-c2nc4ccccc4[nH]2)CCCC3)cc1OC. The maximum atomic E-state index is 12.9. The van der Waals surface area contributed by atoms with Gasteiger partial charge in [-0.15, -0.1) is 11.3 Å². The number of thiophene rings is 1. The first-order valence-electron chi connectivity index (χ1n) is 11.3. The summed E-state index contributed by atoms with van der Waals surface area (Å²) >= 11 is 1.70. The molecule has 2 N–H and O–H groups in total. The number of imidazole rings is 1. The molecule has 6 nitrogen and oxygen atoms in total. The van der Waals surface area contributed by atoms with Crippen molar-refractivity contribution in [2.75, 3.05) is 19.5 Å². The van der Waals surface area contributed by atoms with Crippen LogP contribution in [-0.4, -0.2) is 30.1 Å². The number of H-pyrrole nitrogens is 1. The van der Waals surface area contributed by atoms with E-state index in [2.05, 4.69) is 10.3 Å². The second kappa shape index (κ2) is 9.27. The van der Waals surface area contributed by atoms with Crippen LogP contribution in [0.4, 0.5) is 5.00 Å². The largest absolute Gasteiger partial charge is 0.493 e. The second-order valence-corrected chi connectivity index (χ2v) is 9.36. The van der Waals surface area contributed by atoms with E-state index in [9.17, 15) is 4.79 Å². The van der Waals surface area contributed by atoms with E-state index in [1.54, 1.807) is 25.6 Å². The first-order chi connectivity index (χ1) is 16.2. The van der Waals surface area contributed by atoms with Gasteiger partial charge in [-0.2, -0.15) is 0 Å². The van der Waals surface area contributed by atoms with Crippen LogP contribution >= 0.6 is 11.3 Å². The fourth-order valence-electron chi connectivity index (χ4n) is 4.46. The number of amides is 1. The van der Waals surface area contributed by atoms with Crippen molar-refractivity contribution in [3.63, 3.8) is 0 Å². The van der Waals surface area contributed by atoms with Crippen molar-refractivity contribution in [2.45, 2.75) is 38.5 Å². The Labute approximate surface area is 197 Å². The van der Waals surface area contributed by atoms with E-state index in [1.807, 2.05) is 42.5 Å². The highest BCUT2D eigenvalue weighted by Crippen LogP contribution is 2.43. The Balaban J connectivity index is 1.38. The molecule has 0 fully saturated rings. The Hall–Kier alpha value is -3.32. The number of carbonyl (C=O) groups excluding carboxylic acids is 1. The van der Waals surface area contributed by atoms with E-state index in [0.717, 1.165) is 45.8 Å². The molecule has 0 aliphatic heterocycles. The number of aromatic amines is 1. The number of para-hydroxylation sites is 2. The molecule has 0 bridgehead atoms. The van der Waals surface area contributed by atoms with Gasteiger partial charge in [0.25, 0.3) is 0 Å². The zero-order valence-electron chi connectivity index (χ0n) is 18.9. The molecule has 2 heterocycles. The van der Waals surface area contributed by atoms with Gasteiger partial charge in [0, 0.05) is 11.3 Å². The number of nitrogens with one attached hydrogen (secondary N) is 2. The molecule has 2 aromatic heterocycles. The summed E-state index contributed by atoms with van der Waals surface area (Å²) < 4.78 is 10.7. The zero-order valence-corrected chi connectivity index (χ0v) is 19.7. The van der Waals surface area contributed by atoms with Crippen LogP contribution in [0.25, 0.3) is 22.4 Å². The Morgan fingerprint density at radius 2 is 1.91 bits per heavy atom. The Morgan fingerprint density at radius 3 is 2.73 bits per heavy atom. The lowest BCUT2D eigenvalue weighted by molar-refractivity contribution is -0.116. The lowest BCUT2D eigenvalue weighted by Crippen LogP contribution is -2.12. The van der Waals surface area contributed by atoms with Crippen molar-refractivity contribution in [2.24, 2.45) is 0 Å². The maximum Gasteiger partial charge on any atom is 0.225 e. The third-order valence-electron chi connectivity index (χ3n) is 6.14. The van der Waals surface area contributed by atoms with Crippen LogP contribution in [0.1, 0.15) is 35.3 Å². The summed E-state index contributed by atoms with van der Waals surface area (Å²) in [7, 11) is 3.23. The molecule has 0 atom stereocenters. The molecular weight excluding hydrogens is 434 g/mol. The Morgan fingerprint density at radius 1 is 1.09 bits per heavy atom. The van der Waals surface area contributed by atoms with Gasteiger partial charge in [0.15, 0.2) is 11.5 Å². The van der Waals surface area contributed by atoms with Crippen LogP contribution in [0.2, 0.25) is 0 Å². The van der Waals surface area contributed by atoms with Crippen LogP contribution in [0.15, 0.2) is 42.5 Å². The van der Waals surface area contributed by atoms with Crippen LogP contribution < -0.4 is 14.8 Å². The predicted molar refractivity (Wildman–Crippen MR) is 133 cm³/mol. The Kier molecular flexibility index (Phi) is 6.05. The lowest BCUT2D eigenvalue weighted by atomic mass is 9.95. The van der Waals surface area contributed by atoms with Crippen molar-refractivity contribution in [1.29, 1.82) is 0 Å². The van der Waals surface area contributed by atoms with Crippen LogP contribution in [0.5, 0.6) is 11.5 Å². The average molecular weight is 462 g/mol. The number of ether oxygens (including phenoxy) is 2. The van der Waals surface area contributed by atoms with E-state index < -0.39 is 0 Å². The summed E-state index contributed by atoms with van der Waals surface area (Å²) in [5.74, 6) is 2.20. The summed E-state index contributed by atoms with van der Waals surface area (Å²) in [6.07, 6.45) is 5.47. The molecule has 1 amide bonds. The van der Waals surface area contributed by atoms with Crippen LogP contribution in [0.3, 0.4) is 0 Å². The van der Waals surface area contributed by atoms with Crippen LogP contribution in [-0.2, 0) is 24.1 Å². The molecule has 0 radical (unpaired) electrons. The summed E-state index contributed by atoms with van der Waals surface area (Å²) in [6, 6.07) is 13.8. The standard InChI is InChI=1S/C26H27N3O3S/c1-31-20-13-11-16(15-21(20)32-2)12-14-23(30)29-26-24(17-7-3-6-10-22(17)33-26)25-27-18-8-4-5-9-19(18)28-25/h4-5,8-9,11,13,15H,3,6-7,10,12,14H2,1-2H3,(H,27,28)(H,29,30). The highest BCUT2D eigenvalue weighted by atomic mass is 32.1. The fourth-order valence-corrected chi connectivity index (χ4v) is 5.77. The lowest BCUT2D eigenvalue weighted by Gasteiger charge is -2.12.